The second-order valence-electron chi connectivity index (χ2n) is 8.83. The number of aliphatic hydroxyl groups excluding tert-OH is 1. The Labute approximate surface area is 145 Å². The molecular weight excluding hydrogens is 304 g/mol. The molecule has 4 heteroatoms. The fourth-order valence-corrected chi connectivity index (χ4v) is 4.57. The Hall–Kier alpha value is -0.710. The number of fused-ring (bicyclic) bond motifs is 5. The number of aliphatic hydroxyl groups is 1. The molecule has 0 spiro atoms. The van der Waals surface area contributed by atoms with Gasteiger partial charge in [-0.2, -0.15) is 0 Å². The third-order valence-corrected chi connectivity index (χ3v) is 6.81. The van der Waals surface area contributed by atoms with Gasteiger partial charge in [-0.3, -0.25) is 4.79 Å². The van der Waals surface area contributed by atoms with E-state index in [9.17, 15) is 9.90 Å². The maximum absolute atomic E-state index is 12.5. The van der Waals surface area contributed by atoms with E-state index in [4.69, 9.17) is 9.47 Å². The molecule has 4 nitrogen and oxygen atoms in total. The lowest BCUT2D eigenvalue weighted by Gasteiger charge is -2.40. The summed E-state index contributed by atoms with van der Waals surface area (Å²) in [6.07, 6.45) is 5.71. The number of ketones is 1. The summed E-state index contributed by atoms with van der Waals surface area (Å²) in [6, 6.07) is 0. The lowest BCUT2D eigenvalue weighted by molar-refractivity contribution is -0.198. The average molecular weight is 336 g/mol. The molecule has 3 rings (SSSR count). The van der Waals surface area contributed by atoms with Crippen LogP contribution >= 0.6 is 0 Å². The molecule has 3 aliphatic heterocycles. The molecule has 3 heterocycles. The molecule has 1 N–H and O–H groups in total. The number of ether oxygens (including phenoxy) is 2. The molecule has 0 unspecified atom stereocenters. The lowest BCUT2D eigenvalue weighted by Crippen LogP contribution is -2.48. The highest BCUT2D eigenvalue weighted by molar-refractivity contribution is 5.95. The van der Waals surface area contributed by atoms with Gasteiger partial charge in [0.15, 0.2) is 5.78 Å². The maximum Gasteiger partial charge on any atom is 0.160 e. The zero-order valence-corrected chi connectivity index (χ0v) is 15.7. The normalized spacial score (nSPS) is 46.6. The van der Waals surface area contributed by atoms with Crippen molar-refractivity contribution in [2.24, 2.45) is 5.92 Å². The van der Waals surface area contributed by atoms with Crippen LogP contribution in [0.4, 0.5) is 0 Å². The van der Waals surface area contributed by atoms with Crippen molar-refractivity contribution in [2.45, 2.75) is 102 Å². The minimum atomic E-state index is -0.766. The molecule has 4 bridgehead atoms. The molecule has 2 fully saturated rings. The van der Waals surface area contributed by atoms with Crippen LogP contribution in [0.5, 0.6) is 0 Å². The smallest absolute Gasteiger partial charge is 0.160 e. The number of carbonyl (C=O) groups excluding carboxylic acids is 1. The van der Waals surface area contributed by atoms with Crippen molar-refractivity contribution in [1.82, 2.24) is 0 Å². The van der Waals surface area contributed by atoms with E-state index in [1.165, 1.54) is 0 Å². The monoisotopic (exact) mass is 336 g/mol. The predicted molar refractivity (Wildman–Crippen MR) is 92.8 cm³/mol. The number of hydrogen-bond donors (Lipinski definition) is 1. The minimum absolute atomic E-state index is 0.0102. The Bertz CT molecular complexity index is 554. The van der Waals surface area contributed by atoms with Crippen LogP contribution in [-0.4, -0.2) is 39.9 Å². The first-order chi connectivity index (χ1) is 11.1. The Kier molecular flexibility index (Phi) is 4.47. The standard InChI is InChI=1S/C20H32O4/c1-13(2)20-9-6-14(3)15(21)12-16(22)18(4)8-7-17(23-18)19(5,24-20)10-11-20/h6,13,16-17,22H,7-12H2,1-5H3/t16-,17-,18+,19+,20+/m0/s1. The van der Waals surface area contributed by atoms with E-state index in [-0.39, 0.29) is 29.5 Å². The molecule has 0 amide bonds. The summed E-state index contributed by atoms with van der Waals surface area (Å²) in [5, 5.41) is 10.6. The maximum atomic E-state index is 12.5. The molecule has 136 valence electrons. The van der Waals surface area contributed by atoms with Crippen LogP contribution < -0.4 is 0 Å². The zero-order chi connectivity index (χ0) is 17.8. The summed E-state index contributed by atoms with van der Waals surface area (Å²) in [5.41, 5.74) is -0.469. The van der Waals surface area contributed by atoms with Crippen molar-refractivity contribution in [1.29, 1.82) is 0 Å². The Morgan fingerprint density at radius 2 is 1.92 bits per heavy atom. The number of allylic oxidation sites excluding steroid dienone is 1. The Balaban J connectivity index is 1.99. The fourth-order valence-electron chi connectivity index (χ4n) is 4.57. The van der Waals surface area contributed by atoms with Crippen molar-refractivity contribution in [3.8, 4) is 0 Å². The van der Waals surface area contributed by atoms with Crippen molar-refractivity contribution in [3.63, 3.8) is 0 Å². The highest BCUT2D eigenvalue weighted by Gasteiger charge is 2.56. The van der Waals surface area contributed by atoms with Crippen LogP contribution in [0.25, 0.3) is 0 Å². The van der Waals surface area contributed by atoms with Gasteiger partial charge in [-0.15, -0.1) is 0 Å². The molecule has 0 saturated carbocycles. The van der Waals surface area contributed by atoms with Gasteiger partial charge in [0.1, 0.15) is 0 Å². The molecule has 3 aliphatic rings. The molecule has 0 aromatic rings. The van der Waals surface area contributed by atoms with Crippen LogP contribution in [0.3, 0.4) is 0 Å². The first kappa shape index (κ1) is 18.1. The van der Waals surface area contributed by atoms with Crippen LogP contribution in [-0.2, 0) is 14.3 Å². The first-order valence-corrected chi connectivity index (χ1v) is 9.36. The lowest BCUT2D eigenvalue weighted by atomic mass is 9.82. The van der Waals surface area contributed by atoms with Crippen molar-refractivity contribution >= 4 is 5.78 Å². The molecule has 0 aromatic heterocycles. The molecule has 0 aromatic carbocycles. The van der Waals surface area contributed by atoms with Gasteiger partial charge in [-0.1, -0.05) is 19.9 Å². The molecule has 24 heavy (non-hydrogen) atoms. The van der Waals surface area contributed by atoms with E-state index in [0.29, 0.717) is 5.92 Å². The van der Waals surface area contributed by atoms with Crippen LogP contribution in [0, 0.1) is 5.92 Å². The minimum Gasteiger partial charge on any atom is -0.390 e. The topological polar surface area (TPSA) is 55.8 Å². The summed E-state index contributed by atoms with van der Waals surface area (Å²) in [7, 11) is 0. The van der Waals surface area contributed by atoms with E-state index in [1.54, 1.807) is 0 Å². The zero-order valence-electron chi connectivity index (χ0n) is 15.7. The number of Topliss-reactive ketones (excluding diaryl/α,β-unsaturated/α-hetero) is 1. The number of carbonyl (C=O) groups is 1. The molecule has 5 atom stereocenters. The van der Waals surface area contributed by atoms with E-state index in [2.05, 4.69) is 20.8 Å². The summed E-state index contributed by atoms with van der Waals surface area (Å²) < 4.78 is 13.0. The molecular formula is C20H32O4. The summed E-state index contributed by atoms with van der Waals surface area (Å²) in [5.74, 6) is 0.385. The van der Waals surface area contributed by atoms with Crippen molar-refractivity contribution < 1.29 is 19.4 Å². The van der Waals surface area contributed by atoms with Gasteiger partial charge in [0, 0.05) is 6.42 Å². The van der Waals surface area contributed by atoms with Gasteiger partial charge in [0.25, 0.3) is 0 Å². The number of hydrogen-bond acceptors (Lipinski definition) is 4. The van der Waals surface area contributed by atoms with Gasteiger partial charge in [-0.25, -0.2) is 0 Å². The second-order valence-corrected chi connectivity index (χ2v) is 8.83. The highest BCUT2D eigenvalue weighted by Crippen LogP contribution is 2.51. The van der Waals surface area contributed by atoms with E-state index in [0.717, 1.165) is 37.7 Å². The second kappa shape index (κ2) is 5.93. The Morgan fingerprint density at radius 1 is 1.21 bits per heavy atom. The predicted octanol–water partition coefficient (Wildman–Crippen LogP) is 3.56. The fraction of sp³-hybridized carbons (Fsp3) is 0.850. The van der Waals surface area contributed by atoms with Gasteiger partial charge < -0.3 is 14.6 Å². The van der Waals surface area contributed by atoms with Crippen molar-refractivity contribution in [2.75, 3.05) is 0 Å². The molecule has 2 saturated heterocycles. The molecule has 0 aliphatic carbocycles. The third kappa shape index (κ3) is 2.87. The highest BCUT2D eigenvalue weighted by atomic mass is 16.6. The summed E-state index contributed by atoms with van der Waals surface area (Å²) in [6.45, 7) is 10.3. The van der Waals surface area contributed by atoms with E-state index < -0.39 is 11.7 Å². The SMILES string of the molecule is CC1=CC[C@]2(C(C)C)CC[C@@](C)(O2)[C@@H]2CC[C@@](C)(O2)[C@@H](O)CC1=O. The first-order valence-electron chi connectivity index (χ1n) is 9.36. The van der Waals surface area contributed by atoms with E-state index >= 15 is 0 Å². The summed E-state index contributed by atoms with van der Waals surface area (Å²) in [4.78, 5) is 12.5. The summed E-state index contributed by atoms with van der Waals surface area (Å²) >= 11 is 0. The molecule has 0 radical (unpaired) electrons. The van der Waals surface area contributed by atoms with Crippen molar-refractivity contribution in [3.05, 3.63) is 11.6 Å². The largest absolute Gasteiger partial charge is 0.390 e. The van der Waals surface area contributed by atoms with Gasteiger partial charge >= 0.3 is 0 Å². The quantitative estimate of drug-likeness (QED) is 0.795. The average Bonchev–Trinajstić information content (AvgIpc) is 3.08. The van der Waals surface area contributed by atoms with E-state index in [1.807, 2.05) is 19.9 Å². The van der Waals surface area contributed by atoms with Gasteiger partial charge in [-0.05, 0) is 64.4 Å². The third-order valence-electron chi connectivity index (χ3n) is 6.81. The number of rotatable bonds is 1. The Morgan fingerprint density at radius 3 is 2.58 bits per heavy atom. The van der Waals surface area contributed by atoms with Crippen LogP contribution in [0.2, 0.25) is 0 Å². The van der Waals surface area contributed by atoms with Gasteiger partial charge in [0.2, 0.25) is 0 Å². The van der Waals surface area contributed by atoms with Gasteiger partial charge in [0.05, 0.1) is 29.0 Å². The van der Waals surface area contributed by atoms with Crippen LogP contribution in [0.1, 0.15) is 73.1 Å². The van der Waals surface area contributed by atoms with Crippen LogP contribution in [0.15, 0.2) is 11.6 Å².